The quantitative estimate of drug-likeness (QED) is 0.337. The summed E-state index contributed by atoms with van der Waals surface area (Å²) in [5.41, 5.74) is 1.47. The molecule has 0 aliphatic rings. The van der Waals surface area contributed by atoms with Crippen LogP contribution in [0.25, 0.3) is 10.2 Å². The Hall–Kier alpha value is -1.92. The summed E-state index contributed by atoms with van der Waals surface area (Å²) in [4.78, 5) is 12.4. The number of thiazole rings is 1. The Morgan fingerprint density at radius 2 is 1.97 bits per heavy atom. The van der Waals surface area contributed by atoms with Crippen LogP contribution in [0.1, 0.15) is 18.9 Å². The van der Waals surface area contributed by atoms with Gasteiger partial charge in [0, 0.05) is 10.8 Å². The first-order valence-corrected chi connectivity index (χ1v) is 13.7. The van der Waals surface area contributed by atoms with Gasteiger partial charge in [-0.05, 0) is 36.2 Å². The van der Waals surface area contributed by atoms with Crippen LogP contribution >= 0.6 is 46.0 Å². The molecule has 12 heteroatoms. The van der Waals surface area contributed by atoms with Gasteiger partial charge in [0.25, 0.3) is 10.0 Å². The molecular weight excluding hydrogens is 496 g/mol. The van der Waals surface area contributed by atoms with Crippen LogP contribution in [-0.4, -0.2) is 28.9 Å². The second-order valence-electron chi connectivity index (χ2n) is 6.50. The van der Waals surface area contributed by atoms with Crippen molar-refractivity contribution in [3.63, 3.8) is 0 Å². The van der Waals surface area contributed by atoms with Gasteiger partial charge in [0.1, 0.15) is 0 Å². The van der Waals surface area contributed by atoms with Crippen molar-refractivity contribution in [2.45, 2.75) is 29.1 Å². The number of rotatable bonds is 8. The molecule has 31 heavy (non-hydrogen) atoms. The van der Waals surface area contributed by atoms with E-state index in [9.17, 15) is 13.2 Å². The zero-order valence-electron chi connectivity index (χ0n) is 16.2. The zero-order chi connectivity index (χ0) is 22.0. The summed E-state index contributed by atoms with van der Waals surface area (Å²) in [5.74, 6) is 0.891. The molecular formula is C19H17ClN4O3S4. The highest BCUT2D eigenvalue weighted by molar-refractivity contribution is 8.01. The average molecular weight is 513 g/mol. The van der Waals surface area contributed by atoms with E-state index in [4.69, 9.17) is 11.6 Å². The van der Waals surface area contributed by atoms with Gasteiger partial charge in [-0.25, -0.2) is 8.42 Å². The fourth-order valence-corrected chi connectivity index (χ4v) is 6.97. The number of anilines is 1. The van der Waals surface area contributed by atoms with Gasteiger partial charge < -0.3 is 0 Å². The van der Waals surface area contributed by atoms with Gasteiger partial charge in [-0.1, -0.05) is 71.2 Å². The van der Waals surface area contributed by atoms with Crippen molar-refractivity contribution in [2.75, 3.05) is 10.5 Å². The second kappa shape index (κ2) is 9.29. The van der Waals surface area contributed by atoms with Crippen LogP contribution in [0.5, 0.6) is 0 Å². The lowest BCUT2D eigenvalue weighted by molar-refractivity contribution is 0.601. The lowest BCUT2D eigenvalue weighted by Gasteiger charge is -2.07. The van der Waals surface area contributed by atoms with Crippen LogP contribution in [0.2, 0.25) is 5.02 Å². The molecule has 0 atom stereocenters. The molecule has 0 saturated carbocycles. The van der Waals surface area contributed by atoms with Crippen molar-refractivity contribution < 1.29 is 8.42 Å². The summed E-state index contributed by atoms with van der Waals surface area (Å²) < 4.78 is 31.0. The Morgan fingerprint density at radius 1 is 1.16 bits per heavy atom. The van der Waals surface area contributed by atoms with E-state index in [-0.39, 0.29) is 14.9 Å². The standard InChI is InChI=1S/C19H17ClN4O3S4/c1-2-9-28-18-22-21-17(30-18)23-31(26,27)13-7-8-15-16(10-13)29-19(25)24(15)11-12-5-3-4-6-14(12)20/h3-8,10H,2,9,11H2,1H3,(H,21,23). The molecule has 0 amide bonds. The van der Waals surface area contributed by atoms with Crippen LogP contribution < -0.4 is 9.60 Å². The van der Waals surface area contributed by atoms with E-state index in [0.717, 1.165) is 29.1 Å². The molecule has 0 unspecified atom stereocenters. The monoisotopic (exact) mass is 512 g/mol. The van der Waals surface area contributed by atoms with Gasteiger partial charge in [-0.2, -0.15) is 0 Å². The molecule has 2 aromatic heterocycles. The molecule has 162 valence electrons. The van der Waals surface area contributed by atoms with E-state index in [2.05, 4.69) is 21.8 Å². The van der Waals surface area contributed by atoms with Crippen LogP contribution in [0.15, 0.2) is 56.5 Å². The Bertz CT molecular complexity index is 1390. The third-order valence-electron chi connectivity index (χ3n) is 4.29. The van der Waals surface area contributed by atoms with E-state index in [1.807, 2.05) is 18.2 Å². The minimum atomic E-state index is -3.86. The van der Waals surface area contributed by atoms with Crippen molar-refractivity contribution in [1.29, 1.82) is 0 Å². The van der Waals surface area contributed by atoms with Crippen LogP contribution in [0.4, 0.5) is 5.13 Å². The second-order valence-corrected chi connectivity index (χ2v) is 11.9. The van der Waals surface area contributed by atoms with Crippen molar-refractivity contribution >= 4 is 71.4 Å². The normalized spacial score (nSPS) is 11.8. The predicted octanol–water partition coefficient (Wildman–Crippen LogP) is 4.92. The highest BCUT2D eigenvalue weighted by Crippen LogP contribution is 2.29. The van der Waals surface area contributed by atoms with Crippen molar-refractivity contribution in [3.8, 4) is 0 Å². The van der Waals surface area contributed by atoms with Gasteiger partial charge in [-0.3, -0.25) is 14.1 Å². The topological polar surface area (TPSA) is 94.0 Å². The fourth-order valence-electron chi connectivity index (χ4n) is 2.83. The number of hydrogen-bond acceptors (Lipinski definition) is 8. The van der Waals surface area contributed by atoms with E-state index < -0.39 is 10.0 Å². The van der Waals surface area contributed by atoms with Gasteiger partial charge >= 0.3 is 4.87 Å². The molecule has 2 heterocycles. The molecule has 0 spiro atoms. The lowest BCUT2D eigenvalue weighted by Crippen LogP contribution is -2.14. The van der Waals surface area contributed by atoms with E-state index in [1.54, 1.807) is 16.7 Å². The zero-order valence-corrected chi connectivity index (χ0v) is 20.3. The molecule has 4 aromatic rings. The SMILES string of the molecule is CCCSc1nnc(NS(=O)(=O)c2ccc3c(c2)sc(=O)n3Cc2ccccc2Cl)s1. The molecule has 7 nitrogen and oxygen atoms in total. The van der Waals surface area contributed by atoms with Crippen molar-refractivity contribution in [3.05, 3.63) is 62.7 Å². The molecule has 2 aromatic carbocycles. The molecule has 0 saturated heterocycles. The van der Waals surface area contributed by atoms with Crippen molar-refractivity contribution in [2.24, 2.45) is 0 Å². The van der Waals surface area contributed by atoms with Gasteiger partial charge in [0.15, 0.2) is 4.34 Å². The number of nitrogens with one attached hydrogen (secondary N) is 1. The largest absolute Gasteiger partial charge is 0.308 e. The van der Waals surface area contributed by atoms with Crippen LogP contribution in [0.3, 0.4) is 0 Å². The maximum Gasteiger partial charge on any atom is 0.308 e. The molecule has 4 rings (SSSR count). The highest BCUT2D eigenvalue weighted by atomic mass is 35.5. The van der Waals surface area contributed by atoms with Gasteiger partial charge in [0.2, 0.25) is 5.13 Å². The summed E-state index contributed by atoms with van der Waals surface area (Å²) in [6.07, 6.45) is 0.990. The number of hydrogen-bond donors (Lipinski definition) is 1. The first-order valence-electron chi connectivity index (χ1n) is 9.23. The number of thioether (sulfide) groups is 1. The Morgan fingerprint density at radius 3 is 2.74 bits per heavy atom. The lowest BCUT2D eigenvalue weighted by atomic mass is 10.2. The molecule has 0 aliphatic carbocycles. The minimum Gasteiger partial charge on any atom is -0.294 e. The summed E-state index contributed by atoms with van der Waals surface area (Å²) in [6, 6.07) is 11.9. The van der Waals surface area contributed by atoms with E-state index >= 15 is 0 Å². The van der Waals surface area contributed by atoms with Crippen molar-refractivity contribution in [1.82, 2.24) is 14.8 Å². The summed E-state index contributed by atoms with van der Waals surface area (Å²) >= 11 is 9.95. The fraction of sp³-hybridized carbons (Fsp3) is 0.211. The molecule has 0 bridgehead atoms. The molecule has 0 aliphatic heterocycles. The number of sulfonamides is 1. The third-order valence-corrected chi connectivity index (χ3v) is 9.25. The summed E-state index contributed by atoms with van der Waals surface area (Å²) in [6.45, 7) is 2.37. The summed E-state index contributed by atoms with van der Waals surface area (Å²) in [5, 5.41) is 8.69. The predicted molar refractivity (Wildman–Crippen MR) is 128 cm³/mol. The third kappa shape index (κ3) is 4.96. The number of nitrogens with zero attached hydrogens (tertiary/aromatic N) is 3. The first-order chi connectivity index (χ1) is 14.9. The minimum absolute atomic E-state index is 0.0594. The smallest absolute Gasteiger partial charge is 0.294 e. The average Bonchev–Trinajstić information content (AvgIpc) is 3.30. The molecule has 0 radical (unpaired) electrons. The Labute approximate surface area is 196 Å². The highest BCUT2D eigenvalue weighted by Gasteiger charge is 2.19. The maximum absolute atomic E-state index is 12.8. The number of aromatic nitrogens is 3. The molecule has 1 N–H and O–H groups in total. The number of benzene rings is 2. The maximum atomic E-state index is 12.8. The summed E-state index contributed by atoms with van der Waals surface area (Å²) in [7, 11) is -3.86. The Kier molecular flexibility index (Phi) is 6.68. The number of halogens is 1. The van der Waals surface area contributed by atoms with E-state index in [1.165, 1.54) is 35.2 Å². The van der Waals surface area contributed by atoms with Crippen LogP contribution in [-0.2, 0) is 16.6 Å². The Balaban J connectivity index is 1.61. The first kappa shape index (κ1) is 22.3. The number of fused-ring (bicyclic) bond motifs is 1. The van der Waals surface area contributed by atoms with Gasteiger partial charge in [0.05, 0.1) is 21.7 Å². The molecule has 0 fully saturated rings. The van der Waals surface area contributed by atoms with E-state index in [0.29, 0.717) is 26.1 Å². The van der Waals surface area contributed by atoms with Gasteiger partial charge in [-0.15, -0.1) is 10.2 Å². The van der Waals surface area contributed by atoms with Crippen LogP contribution in [0, 0.1) is 0 Å².